The van der Waals surface area contributed by atoms with Gasteiger partial charge in [0.15, 0.2) is 0 Å². The van der Waals surface area contributed by atoms with Crippen LogP contribution >= 0.6 is 12.2 Å². The summed E-state index contributed by atoms with van der Waals surface area (Å²) in [6.45, 7) is 4.89. The van der Waals surface area contributed by atoms with Gasteiger partial charge in [0.05, 0.1) is 6.10 Å². The molecule has 2 N–H and O–H groups in total. The number of ether oxygens (including phenoxy) is 1. The summed E-state index contributed by atoms with van der Waals surface area (Å²) in [6, 6.07) is 12.5. The van der Waals surface area contributed by atoms with E-state index in [2.05, 4.69) is 36.1 Å². The van der Waals surface area contributed by atoms with Crippen molar-refractivity contribution in [3.05, 3.63) is 42.0 Å². The molecule has 110 valence electrons. The molecule has 1 heterocycles. The highest BCUT2D eigenvalue weighted by atomic mass is 32.1. The van der Waals surface area contributed by atoms with Gasteiger partial charge < -0.3 is 15.4 Å². The maximum atomic E-state index is 5.85. The van der Waals surface area contributed by atoms with Crippen LogP contribution in [-0.4, -0.2) is 30.8 Å². The third-order valence-electron chi connectivity index (χ3n) is 3.96. The van der Waals surface area contributed by atoms with E-state index in [1.165, 1.54) is 11.1 Å². The van der Waals surface area contributed by atoms with Gasteiger partial charge >= 0.3 is 0 Å². The molecule has 0 amide bonds. The first-order valence-corrected chi connectivity index (χ1v) is 7.76. The molecule has 21 heavy (non-hydrogen) atoms. The number of hydrogen-bond acceptors (Lipinski definition) is 3. The molecule has 1 saturated heterocycles. The first-order chi connectivity index (χ1) is 10.2. The van der Waals surface area contributed by atoms with E-state index in [4.69, 9.17) is 22.7 Å². The molecule has 0 aromatic heterocycles. The lowest BCUT2D eigenvalue weighted by atomic mass is 10.0. The van der Waals surface area contributed by atoms with Gasteiger partial charge in [0.2, 0.25) is 0 Å². The predicted octanol–water partition coefficient (Wildman–Crippen LogP) is 3.09. The summed E-state index contributed by atoms with van der Waals surface area (Å²) >= 11 is 5.17. The molecule has 3 nitrogen and oxygen atoms in total. The summed E-state index contributed by atoms with van der Waals surface area (Å²) in [5, 5.41) is 2.33. The number of fused-ring (bicyclic) bond motifs is 1. The van der Waals surface area contributed by atoms with Crippen LogP contribution in [0, 0.1) is 0 Å². The summed E-state index contributed by atoms with van der Waals surface area (Å²) in [5.74, 6) is 0. The van der Waals surface area contributed by atoms with Crippen molar-refractivity contribution >= 4 is 33.7 Å². The molecule has 0 bridgehead atoms. The average Bonchev–Trinajstić information content (AvgIpc) is 2.70. The van der Waals surface area contributed by atoms with Crippen LogP contribution in [0.4, 0.5) is 5.69 Å². The minimum Gasteiger partial charge on any atom is -0.389 e. The van der Waals surface area contributed by atoms with Crippen molar-refractivity contribution in [2.24, 2.45) is 5.73 Å². The number of benzene rings is 2. The molecule has 1 unspecified atom stereocenters. The molecule has 1 atom stereocenters. The quantitative estimate of drug-likeness (QED) is 0.865. The van der Waals surface area contributed by atoms with E-state index in [1.807, 2.05) is 12.1 Å². The third kappa shape index (κ3) is 2.87. The molecule has 0 radical (unpaired) electrons. The van der Waals surface area contributed by atoms with Crippen LogP contribution in [0.2, 0.25) is 0 Å². The van der Waals surface area contributed by atoms with Crippen molar-refractivity contribution in [3.63, 3.8) is 0 Å². The van der Waals surface area contributed by atoms with E-state index in [9.17, 15) is 0 Å². The van der Waals surface area contributed by atoms with Crippen molar-refractivity contribution in [1.82, 2.24) is 0 Å². The number of rotatable bonds is 2. The highest BCUT2D eigenvalue weighted by Crippen LogP contribution is 2.30. The molecule has 1 aliphatic rings. The van der Waals surface area contributed by atoms with Crippen LogP contribution in [-0.2, 0) is 4.74 Å². The molecule has 2 aromatic carbocycles. The Labute approximate surface area is 130 Å². The van der Waals surface area contributed by atoms with Crippen LogP contribution in [0.15, 0.2) is 36.4 Å². The molecule has 3 rings (SSSR count). The first-order valence-electron chi connectivity index (χ1n) is 7.35. The Bertz CT molecular complexity index is 671. The molecular weight excluding hydrogens is 280 g/mol. The number of thiocarbonyl (C=S) groups is 1. The number of anilines is 1. The van der Waals surface area contributed by atoms with Gasteiger partial charge in [0, 0.05) is 36.3 Å². The fourth-order valence-electron chi connectivity index (χ4n) is 2.99. The maximum Gasteiger partial charge on any atom is 0.104 e. The second-order valence-electron chi connectivity index (χ2n) is 5.52. The van der Waals surface area contributed by atoms with Crippen molar-refractivity contribution in [1.29, 1.82) is 0 Å². The van der Waals surface area contributed by atoms with Crippen LogP contribution in [0.1, 0.15) is 18.9 Å². The van der Waals surface area contributed by atoms with Gasteiger partial charge in [0.25, 0.3) is 0 Å². The zero-order valence-electron chi connectivity index (χ0n) is 12.2. The normalized spacial score (nSPS) is 19.5. The number of nitrogens with zero attached hydrogens (tertiary/aromatic N) is 1. The van der Waals surface area contributed by atoms with Crippen LogP contribution in [0.3, 0.4) is 0 Å². The van der Waals surface area contributed by atoms with E-state index >= 15 is 0 Å². The van der Waals surface area contributed by atoms with Gasteiger partial charge in [-0.3, -0.25) is 0 Å². The molecule has 1 fully saturated rings. The van der Waals surface area contributed by atoms with E-state index < -0.39 is 0 Å². The molecular formula is C17H20N2OS. The summed E-state index contributed by atoms with van der Waals surface area (Å²) in [7, 11) is 0. The topological polar surface area (TPSA) is 38.5 Å². The Morgan fingerprint density at radius 1 is 1.24 bits per heavy atom. The monoisotopic (exact) mass is 300 g/mol. The van der Waals surface area contributed by atoms with Crippen LogP contribution < -0.4 is 10.6 Å². The minimum atomic E-state index is 0.251. The van der Waals surface area contributed by atoms with E-state index in [0.29, 0.717) is 4.99 Å². The fraction of sp³-hybridized carbons (Fsp3) is 0.353. The highest BCUT2D eigenvalue weighted by Gasteiger charge is 2.18. The Morgan fingerprint density at radius 3 is 2.76 bits per heavy atom. The lowest BCUT2D eigenvalue weighted by Gasteiger charge is -2.26. The second kappa shape index (κ2) is 6.00. The van der Waals surface area contributed by atoms with Crippen molar-refractivity contribution in [2.75, 3.05) is 24.6 Å². The van der Waals surface area contributed by atoms with Gasteiger partial charge in [-0.05, 0) is 30.9 Å². The fourth-order valence-corrected chi connectivity index (χ4v) is 3.16. The largest absolute Gasteiger partial charge is 0.389 e. The SMILES string of the molecule is CC1CN(c2ccc(C(N)=S)c3ccccc23)CCCO1. The first kappa shape index (κ1) is 14.3. The molecule has 2 aromatic rings. The zero-order chi connectivity index (χ0) is 14.8. The predicted molar refractivity (Wildman–Crippen MR) is 92.1 cm³/mol. The summed E-state index contributed by atoms with van der Waals surface area (Å²) in [5.41, 5.74) is 8.04. The number of nitrogens with two attached hydrogens (primary N) is 1. The summed E-state index contributed by atoms with van der Waals surface area (Å²) < 4.78 is 5.75. The maximum absolute atomic E-state index is 5.85. The van der Waals surface area contributed by atoms with Gasteiger partial charge in [-0.1, -0.05) is 36.5 Å². The van der Waals surface area contributed by atoms with E-state index in [0.717, 1.165) is 37.1 Å². The molecule has 1 aliphatic heterocycles. The highest BCUT2D eigenvalue weighted by molar-refractivity contribution is 7.80. The molecule has 0 spiro atoms. The Kier molecular flexibility index (Phi) is 4.08. The lowest BCUT2D eigenvalue weighted by Crippen LogP contribution is -2.30. The molecule has 4 heteroatoms. The van der Waals surface area contributed by atoms with Gasteiger partial charge in [-0.2, -0.15) is 0 Å². The van der Waals surface area contributed by atoms with E-state index in [1.54, 1.807) is 0 Å². The Hall–Kier alpha value is -1.65. The lowest BCUT2D eigenvalue weighted by molar-refractivity contribution is 0.0821. The van der Waals surface area contributed by atoms with Crippen molar-refractivity contribution in [2.45, 2.75) is 19.4 Å². The minimum absolute atomic E-state index is 0.251. The van der Waals surface area contributed by atoms with E-state index in [-0.39, 0.29) is 6.10 Å². The van der Waals surface area contributed by atoms with Crippen LogP contribution in [0.5, 0.6) is 0 Å². The zero-order valence-corrected chi connectivity index (χ0v) is 13.0. The van der Waals surface area contributed by atoms with Crippen molar-refractivity contribution < 1.29 is 4.74 Å². The van der Waals surface area contributed by atoms with Crippen LogP contribution in [0.25, 0.3) is 10.8 Å². The van der Waals surface area contributed by atoms with Gasteiger partial charge in [-0.25, -0.2) is 0 Å². The summed E-state index contributed by atoms with van der Waals surface area (Å²) in [6.07, 6.45) is 1.30. The van der Waals surface area contributed by atoms with Gasteiger partial charge in [0.1, 0.15) is 4.99 Å². The Balaban J connectivity index is 2.10. The van der Waals surface area contributed by atoms with Crippen molar-refractivity contribution in [3.8, 4) is 0 Å². The number of hydrogen-bond donors (Lipinski definition) is 1. The standard InChI is InChI=1S/C17H20N2OS/c1-12-11-19(9-4-10-20-12)16-8-7-15(17(18)21)13-5-2-3-6-14(13)16/h2-3,5-8,12H,4,9-11H2,1H3,(H2,18,21). The average molecular weight is 300 g/mol. The second-order valence-corrected chi connectivity index (χ2v) is 5.96. The molecule has 0 saturated carbocycles. The third-order valence-corrected chi connectivity index (χ3v) is 4.18. The van der Waals surface area contributed by atoms with Gasteiger partial charge in [-0.15, -0.1) is 0 Å². The summed E-state index contributed by atoms with van der Waals surface area (Å²) in [4.78, 5) is 2.86. The Morgan fingerprint density at radius 2 is 2.00 bits per heavy atom. The molecule has 0 aliphatic carbocycles. The smallest absolute Gasteiger partial charge is 0.104 e.